The summed E-state index contributed by atoms with van der Waals surface area (Å²) in [4.78, 5) is 13.6. The topological polar surface area (TPSA) is 74.5 Å². The fourth-order valence-electron chi connectivity index (χ4n) is 1.00. The molecule has 0 radical (unpaired) electrons. The molecule has 0 amide bonds. The van der Waals surface area contributed by atoms with E-state index >= 15 is 0 Å². The summed E-state index contributed by atoms with van der Waals surface area (Å²) in [6, 6.07) is 2.85. The predicted octanol–water partition coefficient (Wildman–Crippen LogP) is 0.767. The van der Waals surface area contributed by atoms with Crippen LogP contribution in [0, 0.1) is 10.1 Å². The van der Waals surface area contributed by atoms with E-state index in [1.807, 2.05) is 0 Å². The molecule has 2 rings (SSSR count). The molecule has 1 fully saturated rings. The standard InChI is InChI=1S/C8H8N2O4/c11-10(12)6-1-2-8(9-3-6)14-7-4-13-5-7/h1-3,7H,4-5H2. The fourth-order valence-corrected chi connectivity index (χ4v) is 1.00. The Bertz CT molecular complexity index is 334. The van der Waals surface area contributed by atoms with Crippen LogP contribution < -0.4 is 4.74 Å². The number of ether oxygens (including phenoxy) is 2. The van der Waals surface area contributed by atoms with Crippen molar-refractivity contribution >= 4 is 5.69 Å². The molecule has 0 aliphatic carbocycles. The maximum absolute atomic E-state index is 10.3. The Kier molecular flexibility index (Phi) is 2.28. The van der Waals surface area contributed by atoms with Gasteiger partial charge in [0.05, 0.1) is 18.1 Å². The molecular formula is C8H8N2O4. The maximum atomic E-state index is 10.3. The van der Waals surface area contributed by atoms with Gasteiger partial charge in [0.25, 0.3) is 5.69 Å². The van der Waals surface area contributed by atoms with E-state index in [1.165, 1.54) is 18.3 Å². The smallest absolute Gasteiger partial charge is 0.287 e. The lowest BCUT2D eigenvalue weighted by molar-refractivity contribution is -0.385. The Balaban J connectivity index is 2.01. The number of hydrogen-bond donors (Lipinski definition) is 0. The van der Waals surface area contributed by atoms with Gasteiger partial charge in [0, 0.05) is 12.1 Å². The molecule has 14 heavy (non-hydrogen) atoms. The zero-order chi connectivity index (χ0) is 9.97. The zero-order valence-corrected chi connectivity index (χ0v) is 7.25. The van der Waals surface area contributed by atoms with Gasteiger partial charge in [0.2, 0.25) is 5.88 Å². The third-order valence-corrected chi connectivity index (χ3v) is 1.83. The minimum atomic E-state index is -0.497. The first-order valence-electron chi connectivity index (χ1n) is 4.10. The predicted molar refractivity (Wildman–Crippen MR) is 46.1 cm³/mol. The van der Waals surface area contributed by atoms with Crippen LogP contribution in [0.1, 0.15) is 0 Å². The quantitative estimate of drug-likeness (QED) is 0.527. The summed E-state index contributed by atoms with van der Waals surface area (Å²) >= 11 is 0. The van der Waals surface area contributed by atoms with Gasteiger partial charge >= 0.3 is 0 Å². The molecule has 1 aliphatic heterocycles. The van der Waals surface area contributed by atoms with E-state index < -0.39 is 4.92 Å². The number of nitro groups is 1. The Morgan fingerprint density at radius 2 is 2.36 bits per heavy atom. The average molecular weight is 196 g/mol. The number of rotatable bonds is 3. The Morgan fingerprint density at radius 1 is 1.57 bits per heavy atom. The van der Waals surface area contributed by atoms with Gasteiger partial charge in [-0.3, -0.25) is 10.1 Å². The van der Waals surface area contributed by atoms with E-state index in [1.54, 1.807) is 0 Å². The maximum Gasteiger partial charge on any atom is 0.287 e. The molecule has 0 N–H and O–H groups in total. The van der Waals surface area contributed by atoms with Crippen molar-refractivity contribution in [1.82, 2.24) is 4.98 Å². The molecule has 0 aromatic carbocycles. The molecular weight excluding hydrogens is 188 g/mol. The molecule has 0 atom stereocenters. The van der Waals surface area contributed by atoms with Crippen LogP contribution in [-0.2, 0) is 4.74 Å². The highest BCUT2D eigenvalue weighted by atomic mass is 16.6. The molecule has 1 aliphatic rings. The van der Waals surface area contributed by atoms with Crippen molar-refractivity contribution in [3.8, 4) is 5.88 Å². The molecule has 1 aromatic rings. The molecule has 1 saturated heterocycles. The van der Waals surface area contributed by atoms with Gasteiger partial charge in [0.15, 0.2) is 0 Å². The largest absolute Gasteiger partial charge is 0.469 e. The summed E-state index contributed by atoms with van der Waals surface area (Å²) in [5, 5.41) is 10.3. The van der Waals surface area contributed by atoms with Crippen molar-refractivity contribution < 1.29 is 14.4 Å². The zero-order valence-electron chi connectivity index (χ0n) is 7.25. The first kappa shape index (κ1) is 8.89. The summed E-state index contributed by atoms with van der Waals surface area (Å²) < 4.78 is 10.2. The molecule has 1 aromatic heterocycles. The van der Waals surface area contributed by atoms with E-state index in [2.05, 4.69) is 4.98 Å². The van der Waals surface area contributed by atoms with Crippen molar-refractivity contribution in [3.63, 3.8) is 0 Å². The third-order valence-electron chi connectivity index (χ3n) is 1.83. The average Bonchev–Trinajstić information content (AvgIpc) is 2.12. The Morgan fingerprint density at radius 3 is 2.79 bits per heavy atom. The van der Waals surface area contributed by atoms with Crippen molar-refractivity contribution in [1.29, 1.82) is 0 Å². The van der Waals surface area contributed by atoms with Crippen LogP contribution in [0.5, 0.6) is 5.88 Å². The number of hydrogen-bond acceptors (Lipinski definition) is 5. The summed E-state index contributed by atoms with van der Waals surface area (Å²) in [7, 11) is 0. The number of pyridine rings is 1. The van der Waals surface area contributed by atoms with Crippen molar-refractivity contribution in [2.24, 2.45) is 0 Å². The highest BCUT2D eigenvalue weighted by molar-refractivity contribution is 5.28. The highest BCUT2D eigenvalue weighted by Crippen LogP contribution is 2.16. The molecule has 0 saturated carbocycles. The Hall–Kier alpha value is -1.69. The lowest BCUT2D eigenvalue weighted by Crippen LogP contribution is -2.38. The highest BCUT2D eigenvalue weighted by Gasteiger charge is 2.20. The summed E-state index contributed by atoms with van der Waals surface area (Å²) in [6.45, 7) is 1.11. The molecule has 0 bridgehead atoms. The number of aromatic nitrogens is 1. The van der Waals surface area contributed by atoms with Gasteiger partial charge in [-0.25, -0.2) is 4.98 Å². The van der Waals surface area contributed by atoms with E-state index in [0.29, 0.717) is 19.1 Å². The van der Waals surface area contributed by atoms with E-state index in [4.69, 9.17) is 9.47 Å². The molecule has 74 valence electrons. The van der Waals surface area contributed by atoms with Crippen LogP contribution in [-0.4, -0.2) is 29.2 Å². The minimum Gasteiger partial charge on any atom is -0.469 e. The second kappa shape index (κ2) is 3.59. The van der Waals surface area contributed by atoms with Crippen LogP contribution in [0.3, 0.4) is 0 Å². The summed E-state index contributed by atoms with van der Waals surface area (Å²) in [5.41, 5.74) is -0.0396. The van der Waals surface area contributed by atoms with E-state index in [0.717, 1.165) is 0 Å². The fraction of sp³-hybridized carbons (Fsp3) is 0.375. The van der Waals surface area contributed by atoms with Crippen LogP contribution in [0.4, 0.5) is 5.69 Å². The first-order valence-corrected chi connectivity index (χ1v) is 4.10. The van der Waals surface area contributed by atoms with Crippen molar-refractivity contribution in [3.05, 3.63) is 28.4 Å². The second-order valence-electron chi connectivity index (χ2n) is 2.89. The van der Waals surface area contributed by atoms with Crippen molar-refractivity contribution in [2.75, 3.05) is 13.2 Å². The Labute approximate surface area is 79.6 Å². The van der Waals surface area contributed by atoms with Crippen LogP contribution in [0.15, 0.2) is 18.3 Å². The van der Waals surface area contributed by atoms with Crippen LogP contribution in [0.25, 0.3) is 0 Å². The third kappa shape index (κ3) is 1.80. The van der Waals surface area contributed by atoms with Gasteiger partial charge in [-0.2, -0.15) is 0 Å². The van der Waals surface area contributed by atoms with Gasteiger partial charge in [0.1, 0.15) is 12.3 Å². The van der Waals surface area contributed by atoms with Crippen LogP contribution in [0.2, 0.25) is 0 Å². The molecule has 6 heteroatoms. The lowest BCUT2D eigenvalue weighted by Gasteiger charge is -2.25. The second-order valence-corrected chi connectivity index (χ2v) is 2.89. The number of nitrogens with zero attached hydrogens (tertiary/aromatic N) is 2. The van der Waals surface area contributed by atoms with Crippen LogP contribution >= 0.6 is 0 Å². The normalized spacial score (nSPS) is 16.0. The van der Waals surface area contributed by atoms with E-state index in [-0.39, 0.29) is 11.8 Å². The monoisotopic (exact) mass is 196 g/mol. The van der Waals surface area contributed by atoms with E-state index in [9.17, 15) is 10.1 Å². The molecule has 0 unspecified atom stereocenters. The first-order chi connectivity index (χ1) is 6.75. The summed E-state index contributed by atoms with van der Waals surface area (Å²) in [5.74, 6) is 0.393. The SMILES string of the molecule is O=[N+]([O-])c1ccc(OC2COC2)nc1. The summed E-state index contributed by atoms with van der Waals surface area (Å²) in [6.07, 6.45) is 1.21. The minimum absolute atomic E-state index is 0.0314. The van der Waals surface area contributed by atoms with Gasteiger partial charge in [-0.1, -0.05) is 0 Å². The lowest BCUT2D eigenvalue weighted by atomic mass is 10.3. The van der Waals surface area contributed by atoms with Gasteiger partial charge < -0.3 is 9.47 Å². The van der Waals surface area contributed by atoms with Gasteiger partial charge in [-0.05, 0) is 0 Å². The molecule has 0 spiro atoms. The van der Waals surface area contributed by atoms with Crippen molar-refractivity contribution in [2.45, 2.75) is 6.10 Å². The molecule has 2 heterocycles. The molecule has 6 nitrogen and oxygen atoms in total. The van der Waals surface area contributed by atoms with Gasteiger partial charge in [-0.15, -0.1) is 0 Å².